The molecule has 3 atom stereocenters. The van der Waals surface area contributed by atoms with Crippen LogP contribution < -0.4 is 0 Å². The van der Waals surface area contributed by atoms with Crippen LogP contribution in [0.4, 0.5) is 4.39 Å². The van der Waals surface area contributed by atoms with E-state index in [1.165, 1.54) is 29.2 Å². The number of piperidine rings is 1. The Kier molecular flexibility index (Phi) is 2.36. The molecule has 3 rings (SSSR count). The highest BCUT2D eigenvalue weighted by molar-refractivity contribution is 5.97. The molecular formula is C13H12FNO3. The highest BCUT2D eigenvalue weighted by Gasteiger charge is 2.57. The van der Waals surface area contributed by atoms with Crippen LogP contribution in [0.3, 0.4) is 0 Å². The van der Waals surface area contributed by atoms with Crippen LogP contribution in [-0.2, 0) is 4.79 Å². The van der Waals surface area contributed by atoms with E-state index in [1.807, 2.05) is 0 Å². The number of benzene rings is 1. The van der Waals surface area contributed by atoms with Gasteiger partial charge in [-0.1, -0.05) is 0 Å². The highest BCUT2D eigenvalue weighted by Crippen LogP contribution is 2.49. The molecular weight excluding hydrogens is 237 g/mol. The number of fused-ring (bicyclic) bond motifs is 1. The number of hydrogen-bond donors (Lipinski definition) is 1. The van der Waals surface area contributed by atoms with Gasteiger partial charge < -0.3 is 10.0 Å². The van der Waals surface area contributed by atoms with Gasteiger partial charge in [-0.3, -0.25) is 4.79 Å². The molecule has 1 saturated carbocycles. The summed E-state index contributed by atoms with van der Waals surface area (Å²) < 4.78 is 12.8. The van der Waals surface area contributed by atoms with E-state index in [-0.39, 0.29) is 11.8 Å². The van der Waals surface area contributed by atoms with Gasteiger partial charge in [0, 0.05) is 12.1 Å². The number of likely N-dealkylation sites (tertiary alicyclic amines) is 1. The van der Waals surface area contributed by atoms with Crippen LogP contribution in [0.15, 0.2) is 24.3 Å². The minimum atomic E-state index is -0.949. The zero-order valence-corrected chi connectivity index (χ0v) is 9.54. The van der Waals surface area contributed by atoms with E-state index in [4.69, 9.17) is 5.11 Å². The molecule has 94 valence electrons. The lowest BCUT2D eigenvalue weighted by Crippen LogP contribution is -2.43. The second-order valence-corrected chi connectivity index (χ2v) is 4.91. The molecule has 1 heterocycles. The predicted molar refractivity (Wildman–Crippen MR) is 60.5 cm³/mol. The lowest BCUT2D eigenvalue weighted by Gasteiger charge is -2.24. The topological polar surface area (TPSA) is 57.6 Å². The maximum absolute atomic E-state index is 12.8. The first kappa shape index (κ1) is 11.2. The van der Waals surface area contributed by atoms with Crippen molar-refractivity contribution in [3.05, 3.63) is 35.6 Å². The molecule has 0 aromatic heterocycles. The van der Waals surface area contributed by atoms with Crippen molar-refractivity contribution in [1.29, 1.82) is 0 Å². The van der Waals surface area contributed by atoms with Crippen molar-refractivity contribution in [3.8, 4) is 0 Å². The fourth-order valence-electron chi connectivity index (χ4n) is 2.75. The van der Waals surface area contributed by atoms with E-state index >= 15 is 0 Å². The molecule has 0 spiro atoms. The van der Waals surface area contributed by atoms with Crippen molar-refractivity contribution in [1.82, 2.24) is 4.90 Å². The number of nitrogens with zero attached hydrogens (tertiary/aromatic N) is 1. The maximum Gasteiger partial charge on any atom is 0.326 e. The predicted octanol–water partition coefficient (Wildman–Crippen LogP) is 1.37. The molecule has 1 N–H and O–H groups in total. The van der Waals surface area contributed by atoms with Gasteiger partial charge in [-0.25, -0.2) is 9.18 Å². The van der Waals surface area contributed by atoms with Gasteiger partial charge in [0.25, 0.3) is 5.91 Å². The normalized spacial score (nSPS) is 28.9. The number of carboxylic acid groups (broad SMARTS) is 1. The minimum absolute atomic E-state index is 0.104. The first-order chi connectivity index (χ1) is 8.58. The fraction of sp³-hybridized carbons (Fsp3) is 0.385. The number of halogens is 1. The molecule has 0 unspecified atom stereocenters. The van der Waals surface area contributed by atoms with Crippen molar-refractivity contribution < 1.29 is 19.1 Å². The Morgan fingerprint density at radius 3 is 2.56 bits per heavy atom. The van der Waals surface area contributed by atoms with Gasteiger partial charge in [0.15, 0.2) is 0 Å². The SMILES string of the molecule is O=C(O)[C@@H]1[C@@H]2C[C@H]2CN1C(=O)c1ccc(F)cc1. The largest absolute Gasteiger partial charge is 0.480 e. The molecule has 18 heavy (non-hydrogen) atoms. The van der Waals surface area contributed by atoms with Crippen molar-refractivity contribution in [2.45, 2.75) is 12.5 Å². The quantitative estimate of drug-likeness (QED) is 0.861. The van der Waals surface area contributed by atoms with Gasteiger partial charge in [-0.2, -0.15) is 0 Å². The lowest BCUT2D eigenvalue weighted by atomic mass is 10.1. The van der Waals surface area contributed by atoms with Crippen LogP contribution in [-0.4, -0.2) is 34.5 Å². The summed E-state index contributed by atoms with van der Waals surface area (Å²) in [6.45, 7) is 0.498. The number of rotatable bonds is 2. The van der Waals surface area contributed by atoms with E-state index < -0.39 is 17.8 Å². The maximum atomic E-state index is 12.8. The zero-order chi connectivity index (χ0) is 12.9. The second kappa shape index (κ2) is 3.80. The molecule has 5 heteroatoms. The van der Waals surface area contributed by atoms with E-state index in [2.05, 4.69) is 0 Å². The van der Waals surface area contributed by atoms with Gasteiger partial charge in [0.1, 0.15) is 11.9 Å². The number of hydrogen-bond acceptors (Lipinski definition) is 2. The molecule has 0 bridgehead atoms. The molecule has 1 aliphatic carbocycles. The summed E-state index contributed by atoms with van der Waals surface area (Å²) >= 11 is 0. The summed E-state index contributed by atoms with van der Waals surface area (Å²) in [7, 11) is 0. The van der Waals surface area contributed by atoms with E-state index in [1.54, 1.807) is 0 Å². The van der Waals surface area contributed by atoms with Crippen LogP contribution in [0.2, 0.25) is 0 Å². The van der Waals surface area contributed by atoms with Crippen molar-refractivity contribution >= 4 is 11.9 Å². The highest BCUT2D eigenvalue weighted by atomic mass is 19.1. The first-order valence-corrected chi connectivity index (χ1v) is 5.87. The summed E-state index contributed by atoms with van der Waals surface area (Å²) in [5, 5.41) is 9.17. The minimum Gasteiger partial charge on any atom is -0.480 e. The van der Waals surface area contributed by atoms with Crippen LogP contribution in [0.1, 0.15) is 16.8 Å². The molecule has 2 fully saturated rings. The molecule has 2 aliphatic rings. The smallest absolute Gasteiger partial charge is 0.326 e. The van der Waals surface area contributed by atoms with Crippen LogP contribution >= 0.6 is 0 Å². The Labute approximate surface area is 103 Å². The third-order valence-electron chi connectivity index (χ3n) is 3.75. The molecule has 1 aromatic carbocycles. The molecule has 0 radical (unpaired) electrons. The standard InChI is InChI=1S/C13H12FNO3/c14-9-3-1-7(2-4-9)12(16)15-6-8-5-10(8)11(15)13(17)18/h1-4,8,10-11H,5-6H2,(H,17,18)/t8-,10+,11-/m0/s1. The Morgan fingerprint density at radius 2 is 1.94 bits per heavy atom. The van der Waals surface area contributed by atoms with Crippen LogP contribution in [0, 0.1) is 17.7 Å². The average Bonchev–Trinajstić information content (AvgIpc) is 2.99. The fourth-order valence-corrected chi connectivity index (χ4v) is 2.75. The lowest BCUT2D eigenvalue weighted by molar-refractivity contribution is -0.142. The van der Waals surface area contributed by atoms with Gasteiger partial charge in [0.2, 0.25) is 0 Å². The molecule has 1 aromatic rings. The van der Waals surface area contributed by atoms with Gasteiger partial charge in [-0.15, -0.1) is 0 Å². The summed E-state index contributed by atoms with van der Waals surface area (Å²) in [4.78, 5) is 24.8. The summed E-state index contributed by atoms with van der Waals surface area (Å²) in [6.07, 6.45) is 0.893. The number of aliphatic carboxylic acids is 1. The van der Waals surface area contributed by atoms with Gasteiger partial charge >= 0.3 is 5.97 Å². The van der Waals surface area contributed by atoms with E-state index in [0.29, 0.717) is 18.0 Å². The van der Waals surface area contributed by atoms with Crippen molar-refractivity contribution in [3.63, 3.8) is 0 Å². The van der Waals surface area contributed by atoms with Gasteiger partial charge in [0.05, 0.1) is 0 Å². The summed E-state index contributed by atoms with van der Waals surface area (Å²) in [6, 6.07) is 4.48. The number of carbonyl (C=O) groups is 2. The van der Waals surface area contributed by atoms with E-state index in [9.17, 15) is 14.0 Å². The molecule has 1 saturated heterocycles. The summed E-state index contributed by atoms with van der Waals surface area (Å²) in [5.74, 6) is -1.25. The van der Waals surface area contributed by atoms with Crippen LogP contribution in [0.25, 0.3) is 0 Å². The average molecular weight is 249 g/mol. The monoisotopic (exact) mass is 249 g/mol. The van der Waals surface area contributed by atoms with Crippen molar-refractivity contribution in [2.75, 3.05) is 6.54 Å². The Morgan fingerprint density at radius 1 is 1.28 bits per heavy atom. The number of carboxylic acids is 1. The number of carbonyl (C=O) groups excluding carboxylic acids is 1. The first-order valence-electron chi connectivity index (χ1n) is 5.87. The Hall–Kier alpha value is -1.91. The number of amides is 1. The Bertz CT molecular complexity index is 513. The molecule has 4 nitrogen and oxygen atoms in total. The zero-order valence-electron chi connectivity index (χ0n) is 9.54. The van der Waals surface area contributed by atoms with Gasteiger partial charge in [-0.05, 0) is 42.5 Å². The van der Waals surface area contributed by atoms with Crippen molar-refractivity contribution in [2.24, 2.45) is 11.8 Å². The van der Waals surface area contributed by atoms with Crippen LogP contribution in [0.5, 0.6) is 0 Å². The molecule has 1 aliphatic heterocycles. The third-order valence-corrected chi connectivity index (χ3v) is 3.75. The molecule has 1 amide bonds. The Balaban J connectivity index is 1.84. The second-order valence-electron chi connectivity index (χ2n) is 4.91. The summed E-state index contributed by atoms with van der Waals surface area (Å²) in [5.41, 5.74) is 0.337. The van der Waals surface area contributed by atoms with E-state index in [0.717, 1.165) is 6.42 Å². The third kappa shape index (κ3) is 1.66.